The summed E-state index contributed by atoms with van der Waals surface area (Å²) in [5.74, 6) is 0.200. The Hall–Kier alpha value is -1.93. The quantitative estimate of drug-likeness (QED) is 0.599. The molecule has 0 unspecified atom stereocenters. The van der Waals surface area contributed by atoms with E-state index < -0.39 is 0 Å². The van der Waals surface area contributed by atoms with Crippen molar-refractivity contribution in [3.63, 3.8) is 0 Å². The smallest absolute Gasteiger partial charge is 0.219 e. The lowest BCUT2D eigenvalue weighted by atomic mass is 10.0. The minimum absolute atomic E-state index is 0.0717. The molecule has 104 valence electrons. The second-order valence-corrected chi connectivity index (χ2v) is 5.83. The summed E-state index contributed by atoms with van der Waals surface area (Å²) in [5.41, 5.74) is 2.05. The molecule has 2 rings (SSSR count). The van der Waals surface area contributed by atoms with Crippen LogP contribution in [0.3, 0.4) is 0 Å². The van der Waals surface area contributed by atoms with Crippen LogP contribution in [-0.4, -0.2) is 30.4 Å². The molecule has 0 aliphatic carbocycles. The lowest BCUT2D eigenvalue weighted by Crippen LogP contribution is -2.50. The van der Waals surface area contributed by atoms with Crippen molar-refractivity contribution in [1.29, 1.82) is 0 Å². The van der Waals surface area contributed by atoms with Gasteiger partial charge in [0.2, 0.25) is 5.78 Å². The topological polar surface area (TPSA) is 17.1 Å². The summed E-state index contributed by atoms with van der Waals surface area (Å²) in [6.45, 7) is 2.86. The van der Waals surface area contributed by atoms with E-state index in [1.807, 2.05) is 55.5 Å². The Morgan fingerprint density at radius 3 is 2.00 bits per heavy atom. The third-order valence-corrected chi connectivity index (χ3v) is 3.92. The summed E-state index contributed by atoms with van der Waals surface area (Å²) >= 11 is 0. The summed E-state index contributed by atoms with van der Waals surface area (Å²) < 4.78 is 0.651. The third kappa shape index (κ3) is 3.34. The fourth-order valence-corrected chi connectivity index (χ4v) is 2.35. The number of benzene rings is 2. The van der Waals surface area contributed by atoms with E-state index in [0.717, 1.165) is 12.1 Å². The Labute approximate surface area is 121 Å². The van der Waals surface area contributed by atoms with E-state index in [4.69, 9.17) is 0 Å². The van der Waals surface area contributed by atoms with Crippen LogP contribution in [-0.2, 0) is 6.54 Å². The van der Waals surface area contributed by atoms with E-state index in [1.165, 1.54) is 5.56 Å². The Bertz CT molecular complexity index is 560. The highest BCUT2D eigenvalue weighted by molar-refractivity contribution is 5.99. The van der Waals surface area contributed by atoms with E-state index in [1.54, 1.807) is 0 Å². The molecule has 1 atom stereocenters. The van der Waals surface area contributed by atoms with Gasteiger partial charge >= 0.3 is 0 Å². The molecule has 2 nitrogen and oxygen atoms in total. The minimum atomic E-state index is -0.0717. The number of ketones is 1. The van der Waals surface area contributed by atoms with E-state index in [2.05, 4.69) is 26.2 Å². The van der Waals surface area contributed by atoms with Crippen molar-refractivity contribution in [2.24, 2.45) is 0 Å². The molecule has 0 amide bonds. The molecule has 0 N–H and O–H groups in total. The molecule has 0 aromatic heterocycles. The van der Waals surface area contributed by atoms with Crippen LogP contribution in [0.5, 0.6) is 0 Å². The van der Waals surface area contributed by atoms with Gasteiger partial charge in [-0.25, -0.2) is 0 Å². The van der Waals surface area contributed by atoms with Crippen LogP contribution in [0.15, 0.2) is 60.7 Å². The molecule has 0 aliphatic rings. The zero-order chi connectivity index (χ0) is 14.6. The van der Waals surface area contributed by atoms with Gasteiger partial charge in [-0.3, -0.25) is 4.79 Å². The van der Waals surface area contributed by atoms with Crippen molar-refractivity contribution in [2.45, 2.75) is 19.5 Å². The Morgan fingerprint density at radius 2 is 1.45 bits per heavy atom. The van der Waals surface area contributed by atoms with Gasteiger partial charge in [0, 0.05) is 11.1 Å². The van der Waals surface area contributed by atoms with Crippen molar-refractivity contribution in [1.82, 2.24) is 0 Å². The van der Waals surface area contributed by atoms with Crippen molar-refractivity contribution in [3.8, 4) is 0 Å². The van der Waals surface area contributed by atoms with Crippen LogP contribution in [0, 0.1) is 0 Å². The highest BCUT2D eigenvalue weighted by atomic mass is 16.1. The average Bonchev–Trinajstić information content (AvgIpc) is 2.47. The first kappa shape index (κ1) is 14.5. The van der Waals surface area contributed by atoms with E-state index in [9.17, 15) is 4.79 Å². The summed E-state index contributed by atoms with van der Waals surface area (Å²) in [4.78, 5) is 12.6. The molecule has 0 saturated carbocycles. The first-order chi connectivity index (χ1) is 9.50. The predicted octanol–water partition coefficient (Wildman–Crippen LogP) is 3.53. The second kappa shape index (κ2) is 6.02. The molecule has 2 aromatic carbocycles. The second-order valence-electron chi connectivity index (χ2n) is 5.83. The van der Waals surface area contributed by atoms with Crippen LogP contribution in [0.2, 0.25) is 0 Å². The molecule has 0 aliphatic heterocycles. The molecule has 0 saturated heterocycles. The van der Waals surface area contributed by atoms with Crippen molar-refractivity contribution < 1.29 is 9.28 Å². The van der Waals surface area contributed by atoms with E-state index >= 15 is 0 Å². The van der Waals surface area contributed by atoms with Gasteiger partial charge in [0.15, 0.2) is 0 Å². The van der Waals surface area contributed by atoms with Crippen molar-refractivity contribution in [2.75, 3.05) is 14.1 Å². The van der Waals surface area contributed by atoms with Gasteiger partial charge in [-0.1, -0.05) is 60.7 Å². The largest absolute Gasteiger partial charge is 0.316 e. The lowest BCUT2D eigenvalue weighted by Gasteiger charge is -2.35. The van der Waals surface area contributed by atoms with Crippen LogP contribution in [0.25, 0.3) is 0 Å². The lowest BCUT2D eigenvalue weighted by molar-refractivity contribution is -0.916. The van der Waals surface area contributed by atoms with Crippen molar-refractivity contribution in [3.05, 3.63) is 71.8 Å². The highest BCUT2D eigenvalue weighted by Crippen LogP contribution is 2.17. The number of carbonyl (C=O) groups is 1. The first-order valence-corrected chi connectivity index (χ1v) is 6.96. The monoisotopic (exact) mass is 268 g/mol. The molecule has 0 bridgehead atoms. The molecular weight excluding hydrogens is 246 g/mol. The molecule has 0 fully saturated rings. The SMILES string of the molecule is C[C@H](C(=O)c1ccccc1)[N+](C)(C)Cc1ccccc1. The van der Waals surface area contributed by atoms with Gasteiger partial charge in [-0.15, -0.1) is 0 Å². The number of carbonyl (C=O) groups excluding carboxylic acids is 1. The number of hydrogen-bond donors (Lipinski definition) is 0. The minimum Gasteiger partial charge on any atom is -0.316 e. The van der Waals surface area contributed by atoms with E-state index in [-0.39, 0.29) is 11.8 Å². The van der Waals surface area contributed by atoms with Crippen LogP contribution in [0.1, 0.15) is 22.8 Å². The molecule has 0 heterocycles. The fourth-order valence-electron chi connectivity index (χ4n) is 2.35. The fraction of sp³-hybridized carbons (Fsp3) is 0.278. The van der Waals surface area contributed by atoms with Gasteiger partial charge in [-0.2, -0.15) is 0 Å². The average molecular weight is 268 g/mol. The highest BCUT2D eigenvalue weighted by Gasteiger charge is 2.31. The maximum Gasteiger partial charge on any atom is 0.219 e. The number of rotatable bonds is 5. The Kier molecular flexibility index (Phi) is 4.35. The molecule has 2 heteroatoms. The summed E-state index contributed by atoms with van der Waals surface area (Å²) in [6, 6.07) is 19.8. The number of quaternary nitrogens is 1. The maximum atomic E-state index is 12.6. The normalized spacial score (nSPS) is 12.9. The van der Waals surface area contributed by atoms with Crippen LogP contribution < -0.4 is 0 Å². The van der Waals surface area contributed by atoms with Crippen LogP contribution >= 0.6 is 0 Å². The summed E-state index contributed by atoms with van der Waals surface area (Å²) in [5, 5.41) is 0. The van der Waals surface area contributed by atoms with Crippen LogP contribution in [0.4, 0.5) is 0 Å². The summed E-state index contributed by atoms with van der Waals surface area (Å²) in [7, 11) is 4.22. The van der Waals surface area contributed by atoms with Gasteiger partial charge in [0.1, 0.15) is 12.6 Å². The summed E-state index contributed by atoms with van der Waals surface area (Å²) in [6.07, 6.45) is 0. The third-order valence-electron chi connectivity index (χ3n) is 3.92. The first-order valence-electron chi connectivity index (χ1n) is 6.96. The molecule has 0 spiro atoms. The number of hydrogen-bond acceptors (Lipinski definition) is 1. The molecular formula is C18H22NO+. The zero-order valence-electron chi connectivity index (χ0n) is 12.4. The maximum absolute atomic E-state index is 12.6. The molecule has 20 heavy (non-hydrogen) atoms. The van der Waals surface area contributed by atoms with E-state index in [0.29, 0.717) is 4.48 Å². The Balaban J connectivity index is 2.15. The standard InChI is InChI=1S/C18H22NO/c1-15(18(20)17-12-8-5-9-13-17)19(2,3)14-16-10-6-4-7-11-16/h4-13,15H,14H2,1-3H3/q+1/t15-/m1/s1. The Morgan fingerprint density at radius 1 is 0.950 bits per heavy atom. The van der Waals surface area contributed by atoms with Gasteiger partial charge in [0.25, 0.3) is 0 Å². The zero-order valence-corrected chi connectivity index (χ0v) is 12.4. The molecule has 2 aromatic rings. The van der Waals surface area contributed by atoms with Gasteiger partial charge in [0.05, 0.1) is 14.1 Å². The number of Topliss-reactive ketones (excluding diaryl/α,β-unsaturated/α-hetero) is 1. The predicted molar refractivity (Wildman–Crippen MR) is 82.5 cm³/mol. The number of nitrogens with zero attached hydrogens (tertiary/aromatic N) is 1. The van der Waals surface area contributed by atoms with Crippen molar-refractivity contribution >= 4 is 5.78 Å². The van der Waals surface area contributed by atoms with Gasteiger partial charge in [-0.05, 0) is 6.92 Å². The number of likely N-dealkylation sites (N-methyl/N-ethyl adjacent to an activating group) is 1. The molecule has 0 radical (unpaired) electrons. The van der Waals surface area contributed by atoms with Gasteiger partial charge < -0.3 is 4.48 Å².